The Morgan fingerprint density at radius 2 is 2.27 bits per heavy atom. The summed E-state index contributed by atoms with van der Waals surface area (Å²) in [6.07, 6.45) is 4.44. The van der Waals surface area contributed by atoms with E-state index in [9.17, 15) is 9.18 Å². The minimum absolute atomic E-state index is 0.0866. The second-order valence-corrected chi connectivity index (χ2v) is 5.41. The zero-order chi connectivity index (χ0) is 16.1. The van der Waals surface area contributed by atoms with Crippen molar-refractivity contribution in [1.29, 1.82) is 0 Å². The molecule has 1 aromatic heterocycles. The van der Waals surface area contributed by atoms with Gasteiger partial charge in [-0.2, -0.15) is 0 Å². The number of amides is 1. The number of benzene rings is 1. The van der Waals surface area contributed by atoms with Crippen molar-refractivity contribution in [3.05, 3.63) is 47.8 Å². The van der Waals surface area contributed by atoms with E-state index < -0.39 is 11.9 Å². The van der Waals surface area contributed by atoms with Gasteiger partial charge in [0.05, 0.1) is 11.3 Å². The van der Waals surface area contributed by atoms with Crippen molar-refractivity contribution < 1.29 is 13.9 Å². The number of hydrogen-bond acceptors (Lipinski definition) is 3. The lowest BCUT2D eigenvalue weighted by Gasteiger charge is -2.19. The first-order valence-electron chi connectivity index (χ1n) is 6.83. The number of ether oxygens (including phenoxy) is 1. The van der Waals surface area contributed by atoms with E-state index in [1.54, 1.807) is 19.4 Å². The molecule has 0 aliphatic rings. The van der Waals surface area contributed by atoms with Gasteiger partial charge in [-0.3, -0.25) is 4.79 Å². The van der Waals surface area contributed by atoms with Crippen molar-refractivity contribution in [3.8, 4) is 5.75 Å². The molecular formula is C15H17ClFN3O2. The van der Waals surface area contributed by atoms with E-state index in [-0.39, 0.29) is 22.7 Å². The number of aromatic nitrogens is 2. The number of halogens is 2. The molecule has 0 aliphatic carbocycles. The minimum Gasteiger partial charge on any atom is -0.479 e. The van der Waals surface area contributed by atoms with Crippen LogP contribution in [0.15, 0.2) is 36.9 Å². The molecule has 2 aromatic rings. The van der Waals surface area contributed by atoms with Crippen molar-refractivity contribution in [2.75, 3.05) is 0 Å². The number of nitrogens with one attached hydrogen (secondary N) is 1. The van der Waals surface area contributed by atoms with E-state index in [1.807, 2.05) is 17.7 Å². The van der Waals surface area contributed by atoms with E-state index in [0.29, 0.717) is 6.54 Å². The van der Waals surface area contributed by atoms with Crippen LogP contribution in [0.5, 0.6) is 5.75 Å². The SMILES string of the molecule is CC(Cn1ccnc1)NC(=O)C(C)Oc1ccc(F)cc1Cl. The summed E-state index contributed by atoms with van der Waals surface area (Å²) in [5, 5.41) is 2.97. The molecule has 0 aliphatic heterocycles. The van der Waals surface area contributed by atoms with Crippen molar-refractivity contribution in [2.24, 2.45) is 0 Å². The molecule has 0 fully saturated rings. The summed E-state index contributed by atoms with van der Waals surface area (Å²) in [7, 11) is 0. The normalized spacial score (nSPS) is 13.5. The molecular weight excluding hydrogens is 309 g/mol. The zero-order valence-corrected chi connectivity index (χ0v) is 13.0. The Bertz CT molecular complexity index is 634. The van der Waals surface area contributed by atoms with Crippen LogP contribution in [0, 0.1) is 5.82 Å². The largest absolute Gasteiger partial charge is 0.479 e. The molecule has 1 amide bonds. The first kappa shape index (κ1) is 16.3. The molecule has 0 radical (unpaired) electrons. The van der Waals surface area contributed by atoms with E-state index in [2.05, 4.69) is 10.3 Å². The lowest BCUT2D eigenvalue weighted by Crippen LogP contribution is -2.42. The maximum atomic E-state index is 13.0. The van der Waals surface area contributed by atoms with Crippen LogP contribution < -0.4 is 10.1 Å². The van der Waals surface area contributed by atoms with Gasteiger partial charge in [0.1, 0.15) is 11.6 Å². The number of carbonyl (C=O) groups excluding carboxylic acids is 1. The molecule has 1 aromatic carbocycles. The van der Waals surface area contributed by atoms with Crippen LogP contribution in [-0.2, 0) is 11.3 Å². The van der Waals surface area contributed by atoms with Gasteiger partial charge in [-0.05, 0) is 32.0 Å². The number of nitrogens with zero attached hydrogens (tertiary/aromatic N) is 2. The fourth-order valence-corrected chi connectivity index (χ4v) is 2.14. The van der Waals surface area contributed by atoms with Crippen molar-refractivity contribution in [3.63, 3.8) is 0 Å². The summed E-state index contributed by atoms with van der Waals surface area (Å²) >= 11 is 5.87. The van der Waals surface area contributed by atoms with Crippen LogP contribution in [0.2, 0.25) is 5.02 Å². The quantitative estimate of drug-likeness (QED) is 0.888. The second-order valence-electron chi connectivity index (χ2n) is 5.00. The van der Waals surface area contributed by atoms with Crippen molar-refractivity contribution in [1.82, 2.24) is 14.9 Å². The van der Waals surface area contributed by atoms with Crippen molar-refractivity contribution in [2.45, 2.75) is 32.5 Å². The van der Waals surface area contributed by atoms with Gasteiger partial charge in [-0.25, -0.2) is 9.37 Å². The van der Waals surface area contributed by atoms with E-state index in [1.165, 1.54) is 12.1 Å². The fourth-order valence-electron chi connectivity index (χ4n) is 1.93. The van der Waals surface area contributed by atoms with E-state index >= 15 is 0 Å². The average molecular weight is 326 g/mol. The Balaban J connectivity index is 1.88. The third-order valence-electron chi connectivity index (χ3n) is 3.00. The number of imidazole rings is 1. The predicted molar refractivity (Wildman–Crippen MR) is 81.3 cm³/mol. The van der Waals surface area contributed by atoms with E-state index in [0.717, 1.165) is 6.07 Å². The molecule has 2 rings (SSSR count). The minimum atomic E-state index is -0.742. The highest BCUT2D eigenvalue weighted by Gasteiger charge is 2.18. The Morgan fingerprint density at radius 3 is 2.91 bits per heavy atom. The van der Waals surface area contributed by atoms with E-state index in [4.69, 9.17) is 16.3 Å². The summed E-state index contributed by atoms with van der Waals surface area (Å²) < 4.78 is 20.3. The summed E-state index contributed by atoms with van der Waals surface area (Å²) in [6, 6.07) is 3.68. The van der Waals surface area contributed by atoms with Gasteiger partial charge in [0.15, 0.2) is 6.10 Å². The van der Waals surface area contributed by atoms with Gasteiger partial charge < -0.3 is 14.6 Å². The Labute approximate surface area is 133 Å². The maximum Gasteiger partial charge on any atom is 0.261 e. The van der Waals surface area contributed by atoms with Gasteiger partial charge in [0.2, 0.25) is 0 Å². The monoisotopic (exact) mass is 325 g/mol. The fraction of sp³-hybridized carbons (Fsp3) is 0.333. The molecule has 0 spiro atoms. The highest BCUT2D eigenvalue weighted by molar-refractivity contribution is 6.32. The molecule has 0 bridgehead atoms. The second kappa shape index (κ2) is 7.26. The predicted octanol–water partition coefficient (Wildman–Crippen LogP) is 2.65. The highest BCUT2D eigenvalue weighted by Crippen LogP contribution is 2.25. The molecule has 7 heteroatoms. The topological polar surface area (TPSA) is 56.2 Å². The lowest BCUT2D eigenvalue weighted by atomic mass is 10.3. The number of hydrogen-bond donors (Lipinski definition) is 1. The van der Waals surface area contributed by atoms with Crippen LogP contribution in [0.3, 0.4) is 0 Å². The summed E-state index contributed by atoms with van der Waals surface area (Å²) in [5.74, 6) is -0.454. The first-order valence-corrected chi connectivity index (χ1v) is 7.21. The molecule has 1 N–H and O–H groups in total. The summed E-state index contributed by atoms with van der Waals surface area (Å²) in [4.78, 5) is 16.0. The van der Waals surface area contributed by atoms with Gasteiger partial charge in [-0.15, -0.1) is 0 Å². The van der Waals surface area contributed by atoms with Gasteiger partial charge >= 0.3 is 0 Å². The smallest absolute Gasteiger partial charge is 0.261 e. The first-order chi connectivity index (χ1) is 10.5. The maximum absolute atomic E-state index is 13.0. The van der Waals surface area contributed by atoms with Crippen LogP contribution in [-0.4, -0.2) is 27.6 Å². The molecule has 1 heterocycles. The molecule has 0 saturated carbocycles. The third kappa shape index (κ3) is 4.46. The molecule has 5 nitrogen and oxygen atoms in total. The van der Waals surface area contributed by atoms with Crippen LogP contribution in [0.1, 0.15) is 13.8 Å². The van der Waals surface area contributed by atoms with Crippen LogP contribution >= 0.6 is 11.6 Å². The summed E-state index contributed by atoms with van der Waals surface area (Å²) in [6.45, 7) is 4.10. The molecule has 22 heavy (non-hydrogen) atoms. The number of rotatable bonds is 6. The standard InChI is InChI=1S/C15H17ClFN3O2/c1-10(8-20-6-5-18-9-20)19-15(21)11(2)22-14-4-3-12(17)7-13(14)16/h3-7,9-11H,8H2,1-2H3,(H,19,21). The van der Waals surface area contributed by atoms with Crippen LogP contribution in [0.4, 0.5) is 4.39 Å². The number of carbonyl (C=O) groups is 1. The van der Waals surface area contributed by atoms with Gasteiger partial charge in [-0.1, -0.05) is 11.6 Å². The molecule has 2 unspecified atom stereocenters. The van der Waals surface area contributed by atoms with Gasteiger partial charge in [0, 0.05) is 25.0 Å². The van der Waals surface area contributed by atoms with Crippen molar-refractivity contribution >= 4 is 17.5 Å². The molecule has 2 atom stereocenters. The average Bonchev–Trinajstić information content (AvgIpc) is 2.94. The Morgan fingerprint density at radius 1 is 1.50 bits per heavy atom. The van der Waals surface area contributed by atoms with Gasteiger partial charge in [0.25, 0.3) is 5.91 Å². The molecule has 118 valence electrons. The zero-order valence-electron chi connectivity index (χ0n) is 12.3. The summed E-state index contributed by atoms with van der Waals surface area (Å²) in [5.41, 5.74) is 0. The molecule has 0 saturated heterocycles. The lowest BCUT2D eigenvalue weighted by molar-refractivity contribution is -0.127. The Kier molecular flexibility index (Phi) is 5.38. The third-order valence-corrected chi connectivity index (χ3v) is 3.29. The Hall–Kier alpha value is -2.08. The van der Waals surface area contributed by atoms with Crippen LogP contribution in [0.25, 0.3) is 0 Å². The highest BCUT2D eigenvalue weighted by atomic mass is 35.5.